The van der Waals surface area contributed by atoms with E-state index in [1.54, 1.807) is 0 Å². The van der Waals surface area contributed by atoms with Crippen molar-refractivity contribution in [1.29, 1.82) is 0 Å². The molecule has 0 aromatic heterocycles. The smallest absolute Gasteiger partial charge is 0.254 e. The van der Waals surface area contributed by atoms with Crippen LogP contribution < -0.4 is 9.47 Å². The van der Waals surface area contributed by atoms with Crippen molar-refractivity contribution < 1.29 is 19.0 Å². The third kappa shape index (κ3) is 3.33. The Kier molecular flexibility index (Phi) is 4.56. The molecule has 0 aliphatic carbocycles. The summed E-state index contributed by atoms with van der Waals surface area (Å²) in [6, 6.07) is 5.49. The van der Waals surface area contributed by atoms with Gasteiger partial charge in [-0.15, -0.1) is 0 Å². The van der Waals surface area contributed by atoms with Gasteiger partial charge in [-0.3, -0.25) is 4.79 Å². The summed E-state index contributed by atoms with van der Waals surface area (Å²) in [7, 11) is 4.17. The van der Waals surface area contributed by atoms with Gasteiger partial charge in [-0.05, 0) is 32.3 Å². The second kappa shape index (κ2) is 6.84. The van der Waals surface area contributed by atoms with Crippen molar-refractivity contribution in [1.82, 2.24) is 9.80 Å². The van der Waals surface area contributed by atoms with Crippen molar-refractivity contribution in [3.05, 3.63) is 23.8 Å². The predicted octanol–water partition coefficient (Wildman–Crippen LogP) is 1.50. The summed E-state index contributed by atoms with van der Waals surface area (Å²) in [5.41, 5.74) is 0.661. The van der Waals surface area contributed by atoms with Crippen LogP contribution in [0.4, 0.5) is 0 Å². The highest BCUT2D eigenvalue weighted by atomic mass is 16.5. The molecule has 3 aliphatic rings. The molecule has 4 rings (SSSR count). The quantitative estimate of drug-likeness (QED) is 0.830. The van der Waals surface area contributed by atoms with Gasteiger partial charge in [0.15, 0.2) is 11.5 Å². The fourth-order valence-electron chi connectivity index (χ4n) is 4.10. The van der Waals surface area contributed by atoms with E-state index in [-0.39, 0.29) is 12.0 Å². The van der Waals surface area contributed by atoms with E-state index in [1.165, 1.54) is 0 Å². The summed E-state index contributed by atoms with van der Waals surface area (Å²) in [5.74, 6) is 2.39. The third-order valence-electron chi connectivity index (χ3n) is 5.32. The first kappa shape index (κ1) is 16.7. The molecule has 0 bridgehead atoms. The van der Waals surface area contributed by atoms with Crippen LogP contribution in [0.5, 0.6) is 11.5 Å². The van der Waals surface area contributed by atoms with Gasteiger partial charge >= 0.3 is 0 Å². The Labute approximate surface area is 148 Å². The normalized spacial score (nSPS) is 28.1. The first-order valence-electron chi connectivity index (χ1n) is 9.07. The highest BCUT2D eigenvalue weighted by Crippen LogP contribution is 2.36. The van der Waals surface area contributed by atoms with Crippen LogP contribution in [0.15, 0.2) is 18.2 Å². The molecule has 0 N–H and O–H groups in total. The van der Waals surface area contributed by atoms with Crippen LogP contribution in [0.1, 0.15) is 16.8 Å². The van der Waals surface area contributed by atoms with Gasteiger partial charge in [-0.1, -0.05) is 0 Å². The van der Waals surface area contributed by atoms with Crippen LogP contribution in [0, 0.1) is 11.8 Å². The fourth-order valence-corrected chi connectivity index (χ4v) is 4.10. The maximum Gasteiger partial charge on any atom is 0.254 e. The van der Waals surface area contributed by atoms with Gasteiger partial charge < -0.3 is 24.0 Å². The largest absolute Gasteiger partial charge is 0.490 e. The van der Waals surface area contributed by atoms with Crippen molar-refractivity contribution in [2.75, 3.05) is 53.6 Å². The first-order chi connectivity index (χ1) is 12.1. The molecule has 3 aliphatic heterocycles. The number of nitrogens with zero attached hydrogens (tertiary/aromatic N) is 2. The van der Waals surface area contributed by atoms with E-state index in [0.717, 1.165) is 31.9 Å². The first-order valence-corrected chi connectivity index (χ1v) is 9.07. The lowest BCUT2D eigenvalue weighted by atomic mass is 9.93. The van der Waals surface area contributed by atoms with Crippen LogP contribution in [-0.4, -0.2) is 75.4 Å². The standard InChI is InChI=1S/C19H26N2O4/c1-20(2)9-14-12-25-18-11-21(10-15(14)18)19(22)13-4-5-16-17(8-13)24-7-3-6-23-16/h4-5,8,14-15,18H,3,6-7,9-12H2,1-2H3/t14-,15-,18-/m1/s1. The lowest BCUT2D eigenvalue weighted by molar-refractivity contribution is 0.0670. The molecule has 0 spiro atoms. The van der Waals surface area contributed by atoms with Gasteiger partial charge in [-0.2, -0.15) is 0 Å². The maximum absolute atomic E-state index is 12.9. The molecule has 2 fully saturated rings. The molecule has 6 nitrogen and oxygen atoms in total. The lowest BCUT2D eigenvalue weighted by Crippen LogP contribution is -2.33. The molecule has 0 saturated carbocycles. The summed E-state index contributed by atoms with van der Waals surface area (Å²) < 4.78 is 17.3. The number of benzene rings is 1. The van der Waals surface area contributed by atoms with Crippen molar-refractivity contribution >= 4 is 5.91 Å². The fraction of sp³-hybridized carbons (Fsp3) is 0.632. The average Bonchev–Trinajstić information content (AvgIpc) is 3.07. The van der Waals surface area contributed by atoms with Crippen molar-refractivity contribution in [3.8, 4) is 11.5 Å². The molecule has 136 valence electrons. The van der Waals surface area contributed by atoms with Crippen LogP contribution in [0.25, 0.3) is 0 Å². The van der Waals surface area contributed by atoms with Crippen molar-refractivity contribution in [2.24, 2.45) is 11.8 Å². The predicted molar refractivity (Wildman–Crippen MR) is 93.2 cm³/mol. The number of likely N-dealkylation sites (tertiary alicyclic amines) is 1. The van der Waals surface area contributed by atoms with Gasteiger partial charge in [0, 0.05) is 43.5 Å². The van der Waals surface area contributed by atoms with E-state index in [4.69, 9.17) is 14.2 Å². The lowest BCUT2D eigenvalue weighted by Gasteiger charge is -2.22. The van der Waals surface area contributed by atoms with E-state index in [1.807, 2.05) is 23.1 Å². The Morgan fingerprint density at radius 3 is 2.80 bits per heavy atom. The molecule has 3 atom stereocenters. The minimum absolute atomic E-state index is 0.0530. The summed E-state index contributed by atoms with van der Waals surface area (Å²) in [6.45, 7) is 4.55. The number of rotatable bonds is 3. The monoisotopic (exact) mass is 346 g/mol. The zero-order chi connectivity index (χ0) is 17.4. The van der Waals surface area contributed by atoms with Gasteiger partial charge in [0.2, 0.25) is 0 Å². The van der Waals surface area contributed by atoms with Gasteiger partial charge in [-0.25, -0.2) is 0 Å². The maximum atomic E-state index is 12.9. The summed E-state index contributed by atoms with van der Waals surface area (Å²) in [6.07, 6.45) is 1.03. The number of amides is 1. The third-order valence-corrected chi connectivity index (χ3v) is 5.32. The Morgan fingerprint density at radius 2 is 2.00 bits per heavy atom. The van der Waals surface area contributed by atoms with Crippen molar-refractivity contribution in [3.63, 3.8) is 0 Å². The summed E-state index contributed by atoms with van der Waals surface area (Å²) >= 11 is 0. The van der Waals surface area contributed by atoms with E-state index >= 15 is 0 Å². The number of carbonyl (C=O) groups excluding carboxylic acids is 1. The molecular weight excluding hydrogens is 320 g/mol. The molecule has 25 heavy (non-hydrogen) atoms. The van der Waals surface area contributed by atoms with Gasteiger partial charge in [0.05, 0.1) is 25.9 Å². The van der Waals surface area contributed by atoms with Crippen LogP contribution in [0.3, 0.4) is 0 Å². The SMILES string of the molecule is CN(C)C[C@@H]1CO[C@@H]2CN(C(=O)c3ccc4c(c3)OCCCO4)C[C@H]12. The van der Waals surface area contributed by atoms with Gasteiger partial charge in [0.1, 0.15) is 0 Å². The Balaban J connectivity index is 1.46. The minimum atomic E-state index is 0.0530. The van der Waals surface area contributed by atoms with Crippen LogP contribution in [0.2, 0.25) is 0 Å². The van der Waals surface area contributed by atoms with Crippen molar-refractivity contribution in [2.45, 2.75) is 12.5 Å². The molecule has 0 unspecified atom stereocenters. The molecule has 2 saturated heterocycles. The Morgan fingerprint density at radius 1 is 1.20 bits per heavy atom. The summed E-state index contributed by atoms with van der Waals surface area (Å²) in [5, 5.41) is 0. The molecular formula is C19H26N2O4. The van der Waals surface area contributed by atoms with Gasteiger partial charge in [0.25, 0.3) is 5.91 Å². The Hall–Kier alpha value is -1.79. The number of hydrogen-bond acceptors (Lipinski definition) is 5. The number of ether oxygens (including phenoxy) is 3. The minimum Gasteiger partial charge on any atom is -0.490 e. The highest BCUT2D eigenvalue weighted by molar-refractivity contribution is 5.95. The topological polar surface area (TPSA) is 51.2 Å². The molecule has 3 heterocycles. The Bertz CT molecular complexity index is 648. The molecule has 1 amide bonds. The van der Waals surface area contributed by atoms with E-state index in [2.05, 4.69) is 19.0 Å². The molecule has 1 aromatic rings. The molecule has 0 radical (unpaired) electrons. The van der Waals surface area contributed by atoms with Crippen LogP contribution in [-0.2, 0) is 4.74 Å². The second-order valence-electron chi connectivity index (χ2n) is 7.48. The van der Waals surface area contributed by atoms with E-state index in [0.29, 0.717) is 42.9 Å². The number of fused-ring (bicyclic) bond motifs is 2. The summed E-state index contributed by atoms with van der Waals surface area (Å²) in [4.78, 5) is 17.1. The number of hydrogen-bond donors (Lipinski definition) is 0. The zero-order valence-electron chi connectivity index (χ0n) is 14.9. The molecule has 1 aromatic carbocycles. The number of carbonyl (C=O) groups is 1. The average molecular weight is 346 g/mol. The van der Waals surface area contributed by atoms with E-state index < -0.39 is 0 Å². The zero-order valence-corrected chi connectivity index (χ0v) is 14.9. The molecule has 6 heteroatoms. The van der Waals surface area contributed by atoms with E-state index in [9.17, 15) is 4.79 Å². The highest BCUT2D eigenvalue weighted by Gasteiger charge is 2.45. The van der Waals surface area contributed by atoms with Crippen LogP contribution >= 0.6 is 0 Å². The second-order valence-corrected chi connectivity index (χ2v) is 7.48.